The topological polar surface area (TPSA) is 24.9 Å². The summed E-state index contributed by atoms with van der Waals surface area (Å²) >= 11 is 4.63. The summed E-state index contributed by atoms with van der Waals surface area (Å²) in [5.41, 5.74) is 1.11. The van der Waals surface area contributed by atoms with E-state index < -0.39 is 11.6 Å². The van der Waals surface area contributed by atoms with Gasteiger partial charge in [-0.1, -0.05) is 20.8 Å². The molecule has 2 aromatic rings. The van der Waals surface area contributed by atoms with Crippen LogP contribution in [0.5, 0.6) is 0 Å². The number of aromatic nitrogens is 1. The van der Waals surface area contributed by atoms with E-state index in [0.717, 1.165) is 16.8 Å². The van der Waals surface area contributed by atoms with Crippen LogP contribution in [-0.4, -0.2) is 4.98 Å². The monoisotopic (exact) mass is 360 g/mol. The van der Waals surface area contributed by atoms with Crippen LogP contribution in [-0.2, 0) is 12.0 Å². The number of anilines is 1. The van der Waals surface area contributed by atoms with E-state index in [1.165, 1.54) is 6.07 Å². The average molecular weight is 361 g/mol. The number of rotatable bonds is 3. The third kappa shape index (κ3) is 3.55. The Kier molecular flexibility index (Phi) is 4.44. The molecule has 1 heterocycles. The van der Waals surface area contributed by atoms with Crippen LogP contribution < -0.4 is 5.32 Å². The Hall–Kier alpha value is -1.01. The molecule has 0 aliphatic carbocycles. The Morgan fingerprint density at radius 3 is 2.55 bits per heavy atom. The van der Waals surface area contributed by atoms with Crippen molar-refractivity contribution in [3.8, 4) is 0 Å². The van der Waals surface area contributed by atoms with E-state index in [9.17, 15) is 8.78 Å². The molecule has 0 unspecified atom stereocenters. The number of thiazole rings is 1. The number of nitrogens with zero attached hydrogens (tertiary/aromatic N) is 1. The van der Waals surface area contributed by atoms with Crippen LogP contribution in [0.3, 0.4) is 0 Å². The van der Waals surface area contributed by atoms with Gasteiger partial charge < -0.3 is 5.32 Å². The van der Waals surface area contributed by atoms with Crippen molar-refractivity contribution in [3.05, 3.63) is 44.3 Å². The van der Waals surface area contributed by atoms with E-state index in [1.807, 2.05) is 5.38 Å². The van der Waals surface area contributed by atoms with Crippen molar-refractivity contribution >= 4 is 33.0 Å². The van der Waals surface area contributed by atoms with Crippen molar-refractivity contribution in [2.24, 2.45) is 0 Å². The van der Waals surface area contributed by atoms with Crippen molar-refractivity contribution in [3.63, 3.8) is 0 Å². The zero-order valence-electron chi connectivity index (χ0n) is 11.4. The summed E-state index contributed by atoms with van der Waals surface area (Å²) in [6.07, 6.45) is 0. The van der Waals surface area contributed by atoms with E-state index >= 15 is 0 Å². The first-order valence-electron chi connectivity index (χ1n) is 6.10. The molecule has 2 nitrogen and oxygen atoms in total. The molecule has 6 heteroatoms. The SMILES string of the molecule is CC(C)(C)c1nc(CNc2cc(Br)c(F)cc2F)cs1. The lowest BCUT2D eigenvalue weighted by Gasteiger charge is -2.13. The summed E-state index contributed by atoms with van der Waals surface area (Å²) in [6, 6.07) is 2.25. The Balaban J connectivity index is 2.09. The molecular formula is C14H15BrF2N2S. The number of nitrogens with one attached hydrogen (secondary N) is 1. The van der Waals surface area contributed by atoms with E-state index in [-0.39, 0.29) is 15.6 Å². The average Bonchev–Trinajstić information content (AvgIpc) is 2.80. The van der Waals surface area contributed by atoms with Gasteiger partial charge in [-0.25, -0.2) is 13.8 Å². The number of hydrogen-bond donors (Lipinski definition) is 1. The fraction of sp³-hybridized carbons (Fsp3) is 0.357. The molecule has 0 saturated carbocycles. The first kappa shape index (κ1) is 15.4. The number of halogens is 3. The van der Waals surface area contributed by atoms with E-state index in [1.54, 1.807) is 11.3 Å². The van der Waals surface area contributed by atoms with Gasteiger partial charge >= 0.3 is 0 Å². The highest BCUT2D eigenvalue weighted by Gasteiger charge is 2.18. The van der Waals surface area contributed by atoms with Crippen molar-refractivity contribution in [1.29, 1.82) is 0 Å². The van der Waals surface area contributed by atoms with Gasteiger partial charge in [0.15, 0.2) is 0 Å². The third-order valence-electron chi connectivity index (χ3n) is 2.66. The second-order valence-corrected chi connectivity index (χ2v) is 7.21. The minimum absolute atomic E-state index is 0.00701. The fourth-order valence-corrected chi connectivity index (χ4v) is 2.83. The first-order valence-corrected chi connectivity index (χ1v) is 7.78. The van der Waals surface area contributed by atoms with Gasteiger partial charge in [0, 0.05) is 16.9 Å². The summed E-state index contributed by atoms with van der Waals surface area (Å²) in [4.78, 5) is 4.51. The highest BCUT2D eigenvalue weighted by atomic mass is 79.9. The van der Waals surface area contributed by atoms with Crippen LogP contribution in [0.1, 0.15) is 31.5 Å². The molecule has 1 N–H and O–H groups in total. The van der Waals surface area contributed by atoms with Crippen molar-refractivity contribution in [1.82, 2.24) is 4.98 Å². The Labute approximate surface area is 129 Å². The van der Waals surface area contributed by atoms with Crippen molar-refractivity contribution < 1.29 is 8.78 Å². The summed E-state index contributed by atoms with van der Waals surface area (Å²) < 4.78 is 27.0. The standard InChI is InChI=1S/C14H15BrF2N2S/c1-14(2,3)13-19-8(7-20-13)6-18-12-4-9(15)10(16)5-11(12)17/h4-5,7,18H,6H2,1-3H3. The predicted molar refractivity (Wildman–Crippen MR) is 82.2 cm³/mol. The second-order valence-electron chi connectivity index (χ2n) is 5.49. The van der Waals surface area contributed by atoms with Crippen LogP contribution in [0, 0.1) is 11.6 Å². The molecule has 0 spiro atoms. The number of hydrogen-bond acceptors (Lipinski definition) is 3. The minimum atomic E-state index is -0.614. The maximum absolute atomic E-state index is 13.6. The van der Waals surface area contributed by atoms with Crippen LogP contribution in [0.2, 0.25) is 0 Å². The molecule has 1 aromatic carbocycles. The maximum Gasteiger partial charge on any atom is 0.149 e. The van der Waals surface area contributed by atoms with Gasteiger partial charge in [0.25, 0.3) is 0 Å². The summed E-state index contributed by atoms with van der Waals surface area (Å²) in [7, 11) is 0. The highest BCUT2D eigenvalue weighted by molar-refractivity contribution is 9.10. The molecule has 2 rings (SSSR count). The van der Waals surface area contributed by atoms with Crippen molar-refractivity contribution in [2.45, 2.75) is 32.7 Å². The van der Waals surface area contributed by atoms with Crippen LogP contribution >= 0.6 is 27.3 Å². The zero-order chi connectivity index (χ0) is 14.9. The molecule has 0 bridgehead atoms. The van der Waals surface area contributed by atoms with Crippen LogP contribution in [0.15, 0.2) is 22.0 Å². The fourth-order valence-electron chi connectivity index (χ4n) is 1.58. The van der Waals surface area contributed by atoms with Gasteiger partial charge in [0.1, 0.15) is 11.6 Å². The van der Waals surface area contributed by atoms with E-state index in [0.29, 0.717) is 6.54 Å². The molecule has 20 heavy (non-hydrogen) atoms. The Morgan fingerprint density at radius 2 is 1.95 bits per heavy atom. The van der Waals surface area contributed by atoms with Crippen LogP contribution in [0.25, 0.3) is 0 Å². The van der Waals surface area contributed by atoms with Crippen molar-refractivity contribution in [2.75, 3.05) is 5.32 Å². The lowest BCUT2D eigenvalue weighted by molar-refractivity contribution is 0.579. The molecule has 0 amide bonds. The van der Waals surface area contributed by atoms with E-state index in [2.05, 4.69) is 47.0 Å². The summed E-state index contributed by atoms with van der Waals surface area (Å²) in [5.74, 6) is -1.23. The quantitative estimate of drug-likeness (QED) is 0.770. The normalized spacial score (nSPS) is 11.7. The molecule has 108 valence electrons. The number of benzene rings is 1. The zero-order valence-corrected chi connectivity index (χ0v) is 13.8. The summed E-state index contributed by atoms with van der Waals surface area (Å²) in [6.45, 7) is 6.70. The molecule has 0 saturated heterocycles. The molecule has 0 fully saturated rings. The summed E-state index contributed by atoms with van der Waals surface area (Å²) in [5, 5.41) is 5.92. The predicted octanol–water partition coefficient (Wildman–Crippen LogP) is 5.09. The first-order chi connectivity index (χ1) is 9.27. The van der Waals surface area contributed by atoms with Gasteiger partial charge in [-0.2, -0.15) is 0 Å². The third-order valence-corrected chi connectivity index (χ3v) is 4.59. The van der Waals surface area contributed by atoms with Gasteiger partial charge in [-0.05, 0) is 22.0 Å². The molecule has 0 atom stereocenters. The molecular weight excluding hydrogens is 346 g/mol. The molecule has 1 aromatic heterocycles. The van der Waals surface area contributed by atoms with Gasteiger partial charge in [-0.15, -0.1) is 11.3 Å². The molecule has 0 aliphatic rings. The highest BCUT2D eigenvalue weighted by Crippen LogP contribution is 2.27. The Bertz CT molecular complexity index is 620. The lowest BCUT2D eigenvalue weighted by Crippen LogP contribution is -2.11. The second kappa shape index (κ2) is 5.77. The van der Waals surface area contributed by atoms with Crippen LogP contribution in [0.4, 0.5) is 14.5 Å². The van der Waals surface area contributed by atoms with Gasteiger partial charge in [0.2, 0.25) is 0 Å². The molecule has 0 radical (unpaired) electrons. The largest absolute Gasteiger partial charge is 0.377 e. The smallest absolute Gasteiger partial charge is 0.149 e. The van der Waals surface area contributed by atoms with Gasteiger partial charge in [-0.3, -0.25) is 0 Å². The molecule has 0 aliphatic heterocycles. The maximum atomic E-state index is 13.6. The van der Waals surface area contributed by atoms with E-state index in [4.69, 9.17) is 0 Å². The van der Waals surface area contributed by atoms with Gasteiger partial charge in [0.05, 0.1) is 27.4 Å². The minimum Gasteiger partial charge on any atom is -0.377 e. The Morgan fingerprint density at radius 1 is 1.25 bits per heavy atom. The lowest BCUT2D eigenvalue weighted by atomic mass is 9.98.